The van der Waals surface area contributed by atoms with Crippen LogP contribution in [-0.4, -0.2) is 63.0 Å². The fraction of sp³-hybridized carbons (Fsp3) is 0.500. The minimum Gasteiger partial charge on any atom is -0.454 e. The lowest BCUT2D eigenvalue weighted by Gasteiger charge is -2.31. The Hall–Kier alpha value is -2.48. The van der Waals surface area contributed by atoms with Crippen molar-refractivity contribution in [1.82, 2.24) is 4.90 Å². The highest BCUT2D eigenvalue weighted by Crippen LogP contribution is 2.34. The topological polar surface area (TPSA) is 81.5 Å². The first-order valence-corrected chi connectivity index (χ1v) is 8.10. The van der Waals surface area contributed by atoms with E-state index in [-0.39, 0.29) is 18.8 Å². The van der Waals surface area contributed by atoms with Gasteiger partial charge in [-0.3, -0.25) is 9.69 Å². The number of nitrogens with one attached hydrogen (secondary N) is 2. The lowest BCUT2D eigenvalue weighted by atomic mass is 10.2. The third-order valence-corrected chi connectivity index (χ3v) is 4.06. The summed E-state index contributed by atoms with van der Waals surface area (Å²) in [6.07, 6.45) is -0.277. The Morgan fingerprint density at radius 1 is 1.25 bits per heavy atom. The van der Waals surface area contributed by atoms with Crippen LogP contribution in [0.3, 0.4) is 0 Å². The molecule has 1 fully saturated rings. The second-order valence-electron chi connectivity index (χ2n) is 5.73. The molecule has 8 heteroatoms. The van der Waals surface area contributed by atoms with Gasteiger partial charge in [0.25, 0.3) is 5.91 Å². The third-order valence-electron chi connectivity index (χ3n) is 4.06. The molecule has 0 unspecified atom stereocenters. The van der Waals surface area contributed by atoms with Crippen LogP contribution < -0.4 is 19.7 Å². The second-order valence-corrected chi connectivity index (χ2v) is 5.73. The third kappa shape index (κ3) is 3.88. The highest BCUT2D eigenvalue weighted by molar-refractivity contribution is 5.91. The lowest BCUT2D eigenvalue weighted by molar-refractivity contribution is -0.895. The maximum atomic E-state index is 12.2. The number of carbonyl (C=O) groups is 2. The molecule has 3 rings (SSSR count). The SMILES string of the molecule is CCOC(=O)N1CC[NH+](CC(=O)Nc2ccc3c(c2)OCO3)CC1. The molecule has 0 atom stereocenters. The van der Waals surface area contributed by atoms with Crippen LogP contribution in [0.2, 0.25) is 0 Å². The smallest absolute Gasteiger partial charge is 0.410 e. The molecule has 0 aliphatic carbocycles. The van der Waals surface area contributed by atoms with Gasteiger partial charge in [-0.1, -0.05) is 0 Å². The van der Waals surface area contributed by atoms with E-state index < -0.39 is 0 Å². The number of benzene rings is 1. The molecular formula is C16H22N3O5+. The van der Waals surface area contributed by atoms with Gasteiger partial charge in [0.05, 0.1) is 32.8 Å². The van der Waals surface area contributed by atoms with Crippen molar-refractivity contribution < 1.29 is 28.7 Å². The van der Waals surface area contributed by atoms with Crippen molar-refractivity contribution in [3.8, 4) is 11.5 Å². The summed E-state index contributed by atoms with van der Waals surface area (Å²) >= 11 is 0. The van der Waals surface area contributed by atoms with E-state index in [1.165, 1.54) is 0 Å². The summed E-state index contributed by atoms with van der Waals surface area (Å²) in [5.74, 6) is 1.27. The van der Waals surface area contributed by atoms with Gasteiger partial charge in [0, 0.05) is 11.8 Å². The van der Waals surface area contributed by atoms with Gasteiger partial charge >= 0.3 is 6.09 Å². The molecule has 0 bridgehead atoms. The van der Waals surface area contributed by atoms with Crippen LogP contribution in [-0.2, 0) is 9.53 Å². The number of amides is 2. The van der Waals surface area contributed by atoms with E-state index in [2.05, 4.69) is 5.32 Å². The first-order valence-electron chi connectivity index (χ1n) is 8.10. The van der Waals surface area contributed by atoms with Crippen molar-refractivity contribution in [2.24, 2.45) is 0 Å². The van der Waals surface area contributed by atoms with Crippen molar-refractivity contribution in [2.45, 2.75) is 6.92 Å². The van der Waals surface area contributed by atoms with Crippen LogP contribution in [0.5, 0.6) is 11.5 Å². The van der Waals surface area contributed by atoms with Crippen LogP contribution in [0.25, 0.3) is 0 Å². The molecule has 1 aromatic carbocycles. The van der Waals surface area contributed by atoms with Gasteiger partial charge in [-0.05, 0) is 19.1 Å². The van der Waals surface area contributed by atoms with Gasteiger partial charge in [-0.2, -0.15) is 0 Å². The number of quaternary nitrogens is 1. The van der Waals surface area contributed by atoms with Gasteiger partial charge in [-0.15, -0.1) is 0 Å². The van der Waals surface area contributed by atoms with E-state index in [0.717, 1.165) is 18.0 Å². The number of rotatable bonds is 4. The minimum atomic E-state index is -0.277. The van der Waals surface area contributed by atoms with E-state index in [0.29, 0.717) is 43.4 Å². The molecule has 2 N–H and O–H groups in total. The maximum absolute atomic E-state index is 12.2. The Labute approximate surface area is 140 Å². The highest BCUT2D eigenvalue weighted by Gasteiger charge is 2.26. The summed E-state index contributed by atoms with van der Waals surface area (Å²) in [5.41, 5.74) is 0.689. The van der Waals surface area contributed by atoms with Crippen LogP contribution in [0, 0.1) is 0 Å². The summed E-state index contributed by atoms with van der Waals surface area (Å²) in [5, 5.41) is 2.87. The van der Waals surface area contributed by atoms with Crippen molar-refractivity contribution in [2.75, 3.05) is 51.4 Å². The van der Waals surface area contributed by atoms with E-state index in [1.807, 2.05) is 0 Å². The minimum absolute atomic E-state index is 0.0616. The molecule has 8 nitrogen and oxygen atoms in total. The van der Waals surface area contributed by atoms with E-state index in [4.69, 9.17) is 14.2 Å². The number of nitrogens with zero attached hydrogens (tertiary/aromatic N) is 1. The van der Waals surface area contributed by atoms with Crippen molar-refractivity contribution in [1.29, 1.82) is 0 Å². The van der Waals surface area contributed by atoms with Crippen LogP contribution >= 0.6 is 0 Å². The van der Waals surface area contributed by atoms with Gasteiger partial charge in [0.1, 0.15) is 0 Å². The zero-order valence-corrected chi connectivity index (χ0v) is 13.7. The largest absolute Gasteiger partial charge is 0.454 e. The van der Waals surface area contributed by atoms with Crippen LogP contribution in [0.4, 0.5) is 10.5 Å². The molecule has 1 saturated heterocycles. The van der Waals surface area contributed by atoms with Crippen LogP contribution in [0.15, 0.2) is 18.2 Å². The summed E-state index contributed by atoms with van der Waals surface area (Å²) in [6.45, 7) is 5.41. The Balaban J connectivity index is 1.45. The molecule has 2 amide bonds. The maximum Gasteiger partial charge on any atom is 0.410 e. The fourth-order valence-electron chi connectivity index (χ4n) is 2.80. The van der Waals surface area contributed by atoms with Crippen LogP contribution in [0.1, 0.15) is 6.92 Å². The molecule has 1 aromatic rings. The zero-order valence-electron chi connectivity index (χ0n) is 13.7. The van der Waals surface area contributed by atoms with E-state index in [9.17, 15) is 9.59 Å². The van der Waals surface area contributed by atoms with E-state index in [1.54, 1.807) is 30.0 Å². The summed E-state index contributed by atoms with van der Waals surface area (Å²) in [6, 6.07) is 5.33. The predicted molar refractivity (Wildman–Crippen MR) is 85.4 cm³/mol. The molecule has 0 spiro atoms. The summed E-state index contributed by atoms with van der Waals surface area (Å²) in [7, 11) is 0. The number of piperazine rings is 1. The molecule has 2 heterocycles. The van der Waals surface area contributed by atoms with Crippen molar-refractivity contribution in [3.05, 3.63) is 18.2 Å². The van der Waals surface area contributed by atoms with Gasteiger partial charge in [0.15, 0.2) is 18.0 Å². The highest BCUT2D eigenvalue weighted by atomic mass is 16.7. The zero-order chi connectivity index (χ0) is 16.9. The number of fused-ring (bicyclic) bond motifs is 1. The molecule has 0 aromatic heterocycles. The normalized spacial score (nSPS) is 16.8. The number of ether oxygens (including phenoxy) is 3. The molecule has 0 saturated carbocycles. The quantitative estimate of drug-likeness (QED) is 0.790. The number of hydrogen-bond donors (Lipinski definition) is 2. The van der Waals surface area contributed by atoms with Crippen molar-refractivity contribution in [3.63, 3.8) is 0 Å². The lowest BCUT2D eigenvalue weighted by Crippen LogP contribution is -3.15. The Morgan fingerprint density at radius 3 is 2.75 bits per heavy atom. The number of hydrogen-bond acceptors (Lipinski definition) is 5. The average Bonchev–Trinajstić information content (AvgIpc) is 3.03. The first kappa shape index (κ1) is 16.4. The standard InChI is InChI=1S/C16H21N3O5/c1-2-22-16(21)19-7-5-18(6-8-19)10-15(20)17-12-3-4-13-14(9-12)24-11-23-13/h3-4,9H,2,5-8,10-11H2,1H3,(H,17,20)/p+1. The average molecular weight is 336 g/mol. The molecule has 24 heavy (non-hydrogen) atoms. The predicted octanol–water partition coefficient (Wildman–Crippen LogP) is -0.289. The molecule has 130 valence electrons. The Morgan fingerprint density at radius 2 is 2.00 bits per heavy atom. The molecule has 2 aliphatic rings. The van der Waals surface area contributed by atoms with Crippen molar-refractivity contribution >= 4 is 17.7 Å². The monoisotopic (exact) mass is 336 g/mol. The molecule has 0 radical (unpaired) electrons. The second kappa shape index (κ2) is 7.39. The number of carbonyl (C=O) groups excluding carboxylic acids is 2. The fourth-order valence-corrected chi connectivity index (χ4v) is 2.80. The van der Waals surface area contributed by atoms with Gasteiger partial charge < -0.3 is 24.4 Å². The summed E-state index contributed by atoms with van der Waals surface area (Å²) in [4.78, 5) is 26.7. The summed E-state index contributed by atoms with van der Waals surface area (Å²) < 4.78 is 15.5. The molecular weight excluding hydrogens is 314 g/mol. The Kier molecular flexibility index (Phi) is 5.05. The number of anilines is 1. The molecule has 2 aliphatic heterocycles. The Bertz CT molecular complexity index is 614. The van der Waals surface area contributed by atoms with Gasteiger partial charge in [0.2, 0.25) is 6.79 Å². The van der Waals surface area contributed by atoms with E-state index >= 15 is 0 Å². The first-order chi connectivity index (χ1) is 11.7. The van der Waals surface area contributed by atoms with Gasteiger partial charge in [-0.25, -0.2) is 4.79 Å².